The van der Waals surface area contributed by atoms with Crippen molar-refractivity contribution in [2.24, 2.45) is 0 Å². The fourth-order valence-corrected chi connectivity index (χ4v) is 4.83. The summed E-state index contributed by atoms with van der Waals surface area (Å²) in [7, 11) is -1.01. The van der Waals surface area contributed by atoms with E-state index in [1.165, 1.54) is 19.2 Å². The summed E-state index contributed by atoms with van der Waals surface area (Å²) in [6.07, 6.45) is 0. The Bertz CT molecular complexity index is 1170. The van der Waals surface area contributed by atoms with Gasteiger partial charge in [-0.2, -0.15) is 0 Å². The minimum atomic E-state index is -4.03. The number of nitrogens with zero attached hydrogens (tertiary/aromatic N) is 1. The average molecular weight is 455 g/mol. The number of carbonyl (C=O) groups is 1. The third-order valence-corrected chi connectivity index (χ3v) is 6.73. The van der Waals surface area contributed by atoms with Crippen LogP contribution < -0.4 is 19.1 Å². The van der Waals surface area contributed by atoms with E-state index in [0.717, 1.165) is 9.87 Å². The van der Waals surface area contributed by atoms with E-state index in [-0.39, 0.29) is 10.6 Å². The van der Waals surface area contributed by atoms with Crippen molar-refractivity contribution in [1.82, 2.24) is 5.32 Å². The molecule has 32 heavy (non-hydrogen) atoms. The maximum absolute atomic E-state index is 13.5. The predicted molar refractivity (Wildman–Crippen MR) is 124 cm³/mol. The van der Waals surface area contributed by atoms with E-state index in [9.17, 15) is 13.2 Å². The smallest absolute Gasteiger partial charge is 0.264 e. The summed E-state index contributed by atoms with van der Waals surface area (Å²) in [5.74, 6) is 0.519. The van der Waals surface area contributed by atoms with Gasteiger partial charge in [-0.1, -0.05) is 48.5 Å². The molecule has 0 aliphatic heterocycles. The molecule has 0 radical (unpaired) electrons. The molecule has 0 aliphatic rings. The van der Waals surface area contributed by atoms with Gasteiger partial charge in [-0.05, 0) is 37.3 Å². The number of hydrogen-bond donors (Lipinski definition) is 1. The lowest BCUT2D eigenvalue weighted by Gasteiger charge is -2.26. The fraction of sp³-hybridized carbons (Fsp3) is 0.208. The lowest BCUT2D eigenvalue weighted by atomic mass is 10.1. The quantitative estimate of drug-likeness (QED) is 0.532. The van der Waals surface area contributed by atoms with Crippen LogP contribution in [0.15, 0.2) is 83.8 Å². The molecule has 0 aliphatic carbocycles. The molecule has 0 saturated heterocycles. The molecule has 3 rings (SSSR count). The van der Waals surface area contributed by atoms with Crippen LogP contribution in [0.1, 0.15) is 18.5 Å². The third kappa shape index (κ3) is 5.03. The van der Waals surface area contributed by atoms with Crippen molar-refractivity contribution in [2.45, 2.75) is 17.9 Å². The van der Waals surface area contributed by atoms with Gasteiger partial charge in [-0.15, -0.1) is 0 Å². The highest BCUT2D eigenvalue weighted by Gasteiger charge is 2.29. The predicted octanol–water partition coefficient (Wildman–Crippen LogP) is 3.78. The molecule has 3 aromatic carbocycles. The number of methoxy groups -OCH3 is 2. The summed E-state index contributed by atoms with van der Waals surface area (Å²) in [6, 6.07) is 21.6. The van der Waals surface area contributed by atoms with Gasteiger partial charge in [0.25, 0.3) is 10.0 Å². The van der Waals surface area contributed by atoms with Crippen LogP contribution in [-0.4, -0.2) is 35.1 Å². The molecule has 0 fully saturated rings. The minimum absolute atomic E-state index is 0.0801. The molecule has 0 spiro atoms. The molecule has 7 nitrogen and oxygen atoms in total. The van der Waals surface area contributed by atoms with Gasteiger partial charge >= 0.3 is 0 Å². The first-order valence-electron chi connectivity index (χ1n) is 10.0. The number of carbonyl (C=O) groups excluding carboxylic acids is 1. The second kappa shape index (κ2) is 10.2. The lowest BCUT2D eigenvalue weighted by molar-refractivity contribution is -0.120. The summed E-state index contributed by atoms with van der Waals surface area (Å²) >= 11 is 0. The van der Waals surface area contributed by atoms with E-state index in [0.29, 0.717) is 11.5 Å². The Hall–Kier alpha value is -3.52. The molecule has 0 bridgehead atoms. The minimum Gasteiger partial charge on any atom is -0.496 e. The van der Waals surface area contributed by atoms with Gasteiger partial charge in [0.05, 0.1) is 30.8 Å². The third-order valence-electron chi connectivity index (χ3n) is 4.96. The number of amides is 1. The Morgan fingerprint density at radius 2 is 1.44 bits per heavy atom. The standard InChI is InChI=1S/C24H26N2O5S/c1-18(20-13-7-9-15-22(20)30-2)25-24(27)17-26(21-14-8-10-16-23(21)31-3)32(28,29)19-11-5-4-6-12-19/h4-16,18H,17H2,1-3H3,(H,25,27)/t18-/m0/s1. The second-order valence-corrected chi connectivity index (χ2v) is 8.89. The number of rotatable bonds is 9. The molecule has 0 saturated carbocycles. The zero-order valence-electron chi connectivity index (χ0n) is 18.2. The Morgan fingerprint density at radius 3 is 2.09 bits per heavy atom. The van der Waals surface area contributed by atoms with Crippen molar-refractivity contribution >= 4 is 21.6 Å². The van der Waals surface area contributed by atoms with E-state index in [4.69, 9.17) is 9.47 Å². The Kier molecular flexibility index (Phi) is 7.37. The molecule has 0 aromatic heterocycles. The molecule has 0 heterocycles. The maximum atomic E-state index is 13.5. The first-order valence-corrected chi connectivity index (χ1v) is 11.5. The molecule has 1 N–H and O–H groups in total. The SMILES string of the molecule is COc1ccccc1[C@H](C)NC(=O)CN(c1ccccc1OC)S(=O)(=O)c1ccccc1. The van der Waals surface area contributed by atoms with Crippen LogP contribution in [0.25, 0.3) is 0 Å². The zero-order chi connectivity index (χ0) is 23.1. The summed E-state index contributed by atoms with van der Waals surface area (Å²) < 4.78 is 38.7. The highest BCUT2D eigenvalue weighted by atomic mass is 32.2. The van der Waals surface area contributed by atoms with Gasteiger partial charge in [0.1, 0.15) is 18.0 Å². The number of sulfonamides is 1. The van der Waals surface area contributed by atoms with Gasteiger partial charge in [0, 0.05) is 5.56 Å². The first-order chi connectivity index (χ1) is 15.4. The molecule has 8 heteroatoms. The zero-order valence-corrected chi connectivity index (χ0v) is 19.0. The molecule has 0 unspecified atom stereocenters. The maximum Gasteiger partial charge on any atom is 0.264 e. The molecule has 1 amide bonds. The number of benzene rings is 3. The highest BCUT2D eigenvalue weighted by molar-refractivity contribution is 7.92. The second-order valence-electron chi connectivity index (χ2n) is 7.03. The average Bonchev–Trinajstić information content (AvgIpc) is 2.82. The van der Waals surface area contributed by atoms with Gasteiger partial charge in [0.15, 0.2) is 0 Å². The summed E-state index contributed by atoms with van der Waals surface area (Å²) in [6.45, 7) is 1.39. The number of anilines is 1. The van der Waals surface area contributed by atoms with Crippen LogP contribution in [0, 0.1) is 0 Å². The number of ether oxygens (including phenoxy) is 2. The molecule has 168 valence electrons. The normalized spacial score (nSPS) is 12.0. The Morgan fingerprint density at radius 1 is 0.875 bits per heavy atom. The van der Waals surface area contributed by atoms with Gasteiger partial charge in [-0.25, -0.2) is 8.42 Å². The molecular weight excluding hydrogens is 428 g/mol. The van der Waals surface area contributed by atoms with Crippen LogP contribution in [-0.2, 0) is 14.8 Å². The fourth-order valence-electron chi connectivity index (χ4n) is 3.37. The van der Waals surface area contributed by atoms with Crippen LogP contribution in [0.3, 0.4) is 0 Å². The highest BCUT2D eigenvalue weighted by Crippen LogP contribution is 2.32. The van der Waals surface area contributed by atoms with Crippen LogP contribution in [0.5, 0.6) is 11.5 Å². The first kappa shape index (κ1) is 23.1. The van der Waals surface area contributed by atoms with Crippen molar-refractivity contribution in [2.75, 3.05) is 25.1 Å². The Labute approximate surface area is 188 Å². The van der Waals surface area contributed by atoms with Gasteiger partial charge in [-0.3, -0.25) is 9.10 Å². The molecule has 3 aromatic rings. The number of nitrogens with one attached hydrogen (secondary N) is 1. The topological polar surface area (TPSA) is 84.9 Å². The summed E-state index contributed by atoms with van der Waals surface area (Å²) in [5, 5.41) is 2.87. The molecular formula is C24H26N2O5S. The molecule has 1 atom stereocenters. The van der Waals surface area contributed by atoms with E-state index in [1.54, 1.807) is 55.6 Å². The monoisotopic (exact) mass is 454 g/mol. The van der Waals surface area contributed by atoms with Crippen LogP contribution in [0.4, 0.5) is 5.69 Å². The lowest BCUT2D eigenvalue weighted by Crippen LogP contribution is -2.41. The largest absolute Gasteiger partial charge is 0.496 e. The van der Waals surface area contributed by atoms with Crippen molar-refractivity contribution in [3.63, 3.8) is 0 Å². The van der Waals surface area contributed by atoms with Crippen molar-refractivity contribution in [3.8, 4) is 11.5 Å². The van der Waals surface area contributed by atoms with Crippen LogP contribution in [0.2, 0.25) is 0 Å². The summed E-state index contributed by atoms with van der Waals surface area (Å²) in [5.41, 5.74) is 1.07. The number of para-hydroxylation sites is 3. The summed E-state index contributed by atoms with van der Waals surface area (Å²) in [4.78, 5) is 13.1. The Balaban J connectivity index is 1.93. The van der Waals surface area contributed by atoms with Crippen molar-refractivity contribution in [1.29, 1.82) is 0 Å². The van der Waals surface area contributed by atoms with Gasteiger partial charge in [0.2, 0.25) is 5.91 Å². The van der Waals surface area contributed by atoms with E-state index in [2.05, 4.69) is 5.32 Å². The van der Waals surface area contributed by atoms with Crippen LogP contribution >= 0.6 is 0 Å². The number of hydrogen-bond acceptors (Lipinski definition) is 5. The van der Waals surface area contributed by atoms with Crippen molar-refractivity contribution in [3.05, 3.63) is 84.4 Å². The van der Waals surface area contributed by atoms with E-state index >= 15 is 0 Å². The van der Waals surface area contributed by atoms with E-state index in [1.807, 2.05) is 25.1 Å². The van der Waals surface area contributed by atoms with Gasteiger partial charge < -0.3 is 14.8 Å². The van der Waals surface area contributed by atoms with Crippen molar-refractivity contribution < 1.29 is 22.7 Å². The van der Waals surface area contributed by atoms with E-state index < -0.39 is 28.5 Å².